The highest BCUT2D eigenvalue weighted by Crippen LogP contribution is 2.31. The standard InChI is InChI=1S/C21H17N3O2S3/c1-27-21-24-17-9-7-15(11-18(17)29-21)22-12-16-8-10-20(26-16)28-13-19(25)23-14-5-3-2-4-6-14/h2-12H,13H2,1H3,(H,23,25). The average molecular weight is 440 g/mol. The Labute approximate surface area is 180 Å². The molecule has 0 radical (unpaired) electrons. The van der Waals surface area contributed by atoms with E-state index in [0.29, 0.717) is 10.9 Å². The Morgan fingerprint density at radius 3 is 2.90 bits per heavy atom. The van der Waals surface area contributed by atoms with Crippen molar-refractivity contribution in [2.45, 2.75) is 9.43 Å². The van der Waals surface area contributed by atoms with Crippen molar-refractivity contribution in [2.75, 3.05) is 17.3 Å². The van der Waals surface area contributed by atoms with Crippen LogP contribution in [0.4, 0.5) is 11.4 Å². The fourth-order valence-electron chi connectivity index (χ4n) is 2.53. The van der Waals surface area contributed by atoms with Gasteiger partial charge in [0.15, 0.2) is 9.43 Å². The molecule has 0 atom stereocenters. The van der Waals surface area contributed by atoms with Crippen LogP contribution in [0.3, 0.4) is 0 Å². The molecule has 1 N–H and O–H groups in total. The van der Waals surface area contributed by atoms with E-state index in [0.717, 1.165) is 25.9 Å². The monoisotopic (exact) mass is 439 g/mol. The van der Waals surface area contributed by atoms with Crippen LogP contribution in [0.25, 0.3) is 10.2 Å². The number of thioether (sulfide) groups is 2. The largest absolute Gasteiger partial charge is 0.449 e. The lowest BCUT2D eigenvalue weighted by Crippen LogP contribution is -2.13. The molecule has 4 rings (SSSR count). The number of rotatable bonds is 7. The highest BCUT2D eigenvalue weighted by atomic mass is 32.2. The molecule has 0 aliphatic rings. The summed E-state index contributed by atoms with van der Waals surface area (Å²) in [6, 6.07) is 19.0. The number of carbonyl (C=O) groups is 1. The van der Waals surface area contributed by atoms with Crippen LogP contribution in [0, 0.1) is 0 Å². The maximum Gasteiger partial charge on any atom is 0.234 e. The van der Waals surface area contributed by atoms with Gasteiger partial charge in [0.05, 0.1) is 27.9 Å². The van der Waals surface area contributed by atoms with Gasteiger partial charge in [-0.05, 0) is 48.7 Å². The minimum absolute atomic E-state index is 0.0738. The lowest BCUT2D eigenvalue weighted by atomic mass is 10.3. The van der Waals surface area contributed by atoms with Crippen molar-refractivity contribution in [3.8, 4) is 0 Å². The second kappa shape index (κ2) is 9.30. The number of fused-ring (bicyclic) bond motifs is 1. The molecule has 2 heterocycles. The summed E-state index contributed by atoms with van der Waals surface area (Å²) in [6.45, 7) is 0. The molecule has 0 bridgehead atoms. The first-order valence-electron chi connectivity index (χ1n) is 8.76. The average Bonchev–Trinajstić information content (AvgIpc) is 3.37. The molecule has 0 spiro atoms. The lowest BCUT2D eigenvalue weighted by molar-refractivity contribution is -0.113. The van der Waals surface area contributed by atoms with Crippen LogP contribution in [-0.4, -0.2) is 29.1 Å². The van der Waals surface area contributed by atoms with Crippen molar-refractivity contribution in [1.29, 1.82) is 0 Å². The molecule has 0 unspecified atom stereocenters. The third-order valence-electron chi connectivity index (χ3n) is 3.87. The van der Waals surface area contributed by atoms with Gasteiger partial charge < -0.3 is 9.73 Å². The molecule has 2 aromatic carbocycles. The Kier molecular flexibility index (Phi) is 6.33. The number of amides is 1. The van der Waals surface area contributed by atoms with Gasteiger partial charge in [0.1, 0.15) is 5.76 Å². The number of aromatic nitrogens is 1. The predicted octanol–water partition coefficient (Wildman–Crippen LogP) is 6.09. The quantitative estimate of drug-likeness (QED) is 0.279. The molecule has 0 saturated heterocycles. The third-order valence-corrected chi connectivity index (χ3v) is 6.79. The number of para-hydroxylation sites is 1. The van der Waals surface area contributed by atoms with E-state index in [9.17, 15) is 4.79 Å². The Morgan fingerprint density at radius 2 is 2.07 bits per heavy atom. The maximum atomic E-state index is 12.0. The van der Waals surface area contributed by atoms with Crippen LogP contribution < -0.4 is 5.32 Å². The SMILES string of the molecule is CSc1nc2ccc(N=Cc3ccc(SCC(=O)Nc4ccccc4)o3)cc2s1. The topological polar surface area (TPSA) is 67.5 Å². The molecule has 2 aromatic heterocycles. The van der Waals surface area contributed by atoms with Crippen molar-refractivity contribution < 1.29 is 9.21 Å². The molecule has 4 aromatic rings. The minimum Gasteiger partial charge on any atom is -0.449 e. The van der Waals surface area contributed by atoms with Crippen LogP contribution in [0.1, 0.15) is 5.76 Å². The van der Waals surface area contributed by atoms with Crippen molar-refractivity contribution in [3.05, 3.63) is 66.4 Å². The summed E-state index contributed by atoms with van der Waals surface area (Å²) in [5.41, 5.74) is 2.62. The van der Waals surface area contributed by atoms with Crippen molar-refractivity contribution in [2.24, 2.45) is 4.99 Å². The predicted molar refractivity (Wildman–Crippen MR) is 123 cm³/mol. The van der Waals surface area contributed by atoms with Gasteiger partial charge in [0.2, 0.25) is 5.91 Å². The van der Waals surface area contributed by atoms with Gasteiger partial charge in [-0.2, -0.15) is 0 Å². The number of thiazole rings is 1. The Hall–Kier alpha value is -2.55. The molecule has 0 aliphatic carbocycles. The summed E-state index contributed by atoms with van der Waals surface area (Å²) < 4.78 is 7.90. The highest BCUT2D eigenvalue weighted by molar-refractivity contribution is 8.00. The lowest BCUT2D eigenvalue weighted by Gasteiger charge is -2.03. The molecule has 5 nitrogen and oxygen atoms in total. The summed E-state index contributed by atoms with van der Waals surface area (Å²) >= 11 is 4.65. The number of anilines is 1. The Balaban J connectivity index is 1.34. The summed E-state index contributed by atoms with van der Waals surface area (Å²) in [5.74, 6) is 0.846. The van der Waals surface area contributed by atoms with E-state index >= 15 is 0 Å². The molecular weight excluding hydrogens is 422 g/mol. The molecule has 8 heteroatoms. The first-order valence-corrected chi connectivity index (χ1v) is 11.8. The zero-order valence-electron chi connectivity index (χ0n) is 15.5. The number of aliphatic imine (C=N–C) groups is 1. The fraction of sp³-hybridized carbons (Fsp3) is 0.0952. The molecule has 0 saturated carbocycles. The van der Waals surface area contributed by atoms with E-state index in [-0.39, 0.29) is 11.7 Å². The maximum absolute atomic E-state index is 12.0. The number of furan rings is 1. The fourth-order valence-corrected chi connectivity index (χ4v) is 4.72. The molecule has 0 aliphatic heterocycles. The van der Waals surface area contributed by atoms with E-state index in [4.69, 9.17) is 4.42 Å². The van der Waals surface area contributed by atoms with Gasteiger partial charge >= 0.3 is 0 Å². The van der Waals surface area contributed by atoms with Crippen molar-refractivity contribution >= 4 is 68.6 Å². The van der Waals surface area contributed by atoms with E-state index in [1.165, 1.54) is 11.8 Å². The summed E-state index contributed by atoms with van der Waals surface area (Å²) in [7, 11) is 0. The van der Waals surface area contributed by atoms with Gasteiger partial charge in [-0.3, -0.25) is 9.79 Å². The molecular formula is C21H17N3O2S3. The van der Waals surface area contributed by atoms with Gasteiger partial charge in [0, 0.05) is 5.69 Å². The van der Waals surface area contributed by atoms with Gasteiger partial charge in [-0.25, -0.2) is 4.98 Å². The number of hydrogen-bond acceptors (Lipinski definition) is 7. The van der Waals surface area contributed by atoms with E-state index in [2.05, 4.69) is 15.3 Å². The van der Waals surface area contributed by atoms with Crippen LogP contribution in [0.5, 0.6) is 0 Å². The van der Waals surface area contributed by atoms with E-state index < -0.39 is 0 Å². The molecule has 1 amide bonds. The number of nitrogens with one attached hydrogen (secondary N) is 1. The molecule has 0 fully saturated rings. The Bertz CT molecular complexity index is 1150. The van der Waals surface area contributed by atoms with Crippen LogP contribution >= 0.6 is 34.9 Å². The molecule has 29 heavy (non-hydrogen) atoms. The van der Waals surface area contributed by atoms with Gasteiger partial charge in [-0.1, -0.05) is 41.7 Å². The molecule has 146 valence electrons. The summed E-state index contributed by atoms with van der Waals surface area (Å²) in [4.78, 5) is 21.0. The van der Waals surface area contributed by atoms with E-state index in [1.54, 1.807) is 29.3 Å². The highest BCUT2D eigenvalue weighted by Gasteiger charge is 2.07. The zero-order chi connectivity index (χ0) is 20.1. The van der Waals surface area contributed by atoms with E-state index in [1.807, 2.05) is 66.9 Å². The summed E-state index contributed by atoms with van der Waals surface area (Å²) in [6.07, 6.45) is 3.71. The number of nitrogens with zero attached hydrogens (tertiary/aromatic N) is 2. The van der Waals surface area contributed by atoms with Gasteiger partial charge in [0.25, 0.3) is 0 Å². The smallest absolute Gasteiger partial charge is 0.234 e. The first kappa shape index (κ1) is 19.8. The normalized spacial score (nSPS) is 11.3. The van der Waals surface area contributed by atoms with Crippen LogP contribution in [0.2, 0.25) is 0 Å². The van der Waals surface area contributed by atoms with Gasteiger partial charge in [-0.15, -0.1) is 11.3 Å². The minimum atomic E-state index is -0.0738. The van der Waals surface area contributed by atoms with Crippen LogP contribution in [-0.2, 0) is 4.79 Å². The number of carbonyl (C=O) groups excluding carboxylic acids is 1. The summed E-state index contributed by atoms with van der Waals surface area (Å²) in [5, 5.41) is 3.53. The van der Waals surface area contributed by atoms with Crippen LogP contribution in [0.15, 0.2) is 79.5 Å². The first-order chi connectivity index (χ1) is 14.2. The zero-order valence-corrected chi connectivity index (χ0v) is 17.9. The van der Waals surface area contributed by atoms with Crippen molar-refractivity contribution in [3.63, 3.8) is 0 Å². The third kappa shape index (κ3) is 5.29. The second-order valence-electron chi connectivity index (χ2n) is 5.95. The van der Waals surface area contributed by atoms with Crippen molar-refractivity contribution in [1.82, 2.24) is 4.98 Å². The number of benzene rings is 2. The Morgan fingerprint density at radius 1 is 1.21 bits per heavy atom. The second-order valence-corrected chi connectivity index (χ2v) is 9.02. The number of hydrogen-bond donors (Lipinski definition) is 1.